The van der Waals surface area contributed by atoms with Gasteiger partial charge in [-0.1, -0.05) is 0 Å². The Morgan fingerprint density at radius 3 is 2.22 bits per heavy atom. The SMILES string of the molecule is Cc1cc([N+](=O)[O-])ccc1Nc1ccc(C(=O)O)cc1[N+](=O)[O-]. The van der Waals surface area contributed by atoms with E-state index in [1.807, 2.05) is 0 Å². The van der Waals surface area contributed by atoms with E-state index in [0.29, 0.717) is 11.3 Å². The highest BCUT2D eigenvalue weighted by Gasteiger charge is 2.18. The summed E-state index contributed by atoms with van der Waals surface area (Å²) in [6, 6.07) is 7.50. The number of anilines is 2. The molecule has 0 aromatic heterocycles. The zero-order valence-corrected chi connectivity index (χ0v) is 11.8. The number of nitrogens with one attached hydrogen (secondary N) is 1. The minimum absolute atomic E-state index is 0.0937. The number of carboxylic acids is 1. The van der Waals surface area contributed by atoms with Crippen LogP contribution in [0.4, 0.5) is 22.7 Å². The number of hydrogen-bond acceptors (Lipinski definition) is 6. The van der Waals surface area contributed by atoms with Gasteiger partial charge in [0.25, 0.3) is 11.4 Å². The molecule has 0 aliphatic heterocycles. The van der Waals surface area contributed by atoms with E-state index in [4.69, 9.17) is 5.11 Å². The van der Waals surface area contributed by atoms with E-state index >= 15 is 0 Å². The second-order valence-corrected chi connectivity index (χ2v) is 4.68. The molecule has 23 heavy (non-hydrogen) atoms. The first-order valence-corrected chi connectivity index (χ1v) is 6.33. The summed E-state index contributed by atoms with van der Waals surface area (Å²) in [5, 5.41) is 33.5. The topological polar surface area (TPSA) is 136 Å². The summed E-state index contributed by atoms with van der Waals surface area (Å²) >= 11 is 0. The molecule has 0 saturated heterocycles. The first-order valence-electron chi connectivity index (χ1n) is 6.33. The van der Waals surface area contributed by atoms with Crippen LogP contribution in [0.3, 0.4) is 0 Å². The monoisotopic (exact) mass is 317 g/mol. The smallest absolute Gasteiger partial charge is 0.335 e. The molecule has 0 spiro atoms. The van der Waals surface area contributed by atoms with Crippen molar-refractivity contribution in [1.82, 2.24) is 0 Å². The lowest BCUT2D eigenvalue weighted by Crippen LogP contribution is -2.02. The van der Waals surface area contributed by atoms with Crippen LogP contribution in [0.25, 0.3) is 0 Å². The Hall–Kier alpha value is -3.49. The van der Waals surface area contributed by atoms with Gasteiger partial charge < -0.3 is 10.4 Å². The zero-order valence-electron chi connectivity index (χ0n) is 11.8. The second kappa shape index (κ2) is 6.10. The fraction of sp³-hybridized carbons (Fsp3) is 0.0714. The molecule has 2 aromatic carbocycles. The average molecular weight is 317 g/mol. The number of nitrogens with zero attached hydrogens (tertiary/aromatic N) is 2. The Kier molecular flexibility index (Phi) is 4.21. The molecule has 0 saturated carbocycles. The van der Waals surface area contributed by atoms with Crippen molar-refractivity contribution in [1.29, 1.82) is 0 Å². The van der Waals surface area contributed by atoms with E-state index in [9.17, 15) is 25.0 Å². The Balaban J connectivity index is 2.42. The Morgan fingerprint density at radius 1 is 1.04 bits per heavy atom. The van der Waals surface area contributed by atoms with Gasteiger partial charge in [-0.25, -0.2) is 4.79 Å². The van der Waals surface area contributed by atoms with Gasteiger partial charge in [-0.3, -0.25) is 20.2 Å². The third-order valence-electron chi connectivity index (χ3n) is 3.13. The minimum Gasteiger partial charge on any atom is -0.478 e. The number of hydrogen-bond donors (Lipinski definition) is 2. The van der Waals surface area contributed by atoms with Gasteiger partial charge in [-0.05, 0) is 30.7 Å². The van der Waals surface area contributed by atoms with Gasteiger partial charge in [0, 0.05) is 23.9 Å². The van der Waals surface area contributed by atoms with Crippen LogP contribution < -0.4 is 5.32 Å². The van der Waals surface area contributed by atoms with Crippen LogP contribution in [-0.2, 0) is 0 Å². The minimum atomic E-state index is -1.27. The Morgan fingerprint density at radius 2 is 1.70 bits per heavy atom. The molecule has 0 aliphatic carbocycles. The van der Waals surface area contributed by atoms with Crippen LogP contribution in [-0.4, -0.2) is 20.9 Å². The van der Waals surface area contributed by atoms with Crippen molar-refractivity contribution < 1.29 is 19.7 Å². The van der Waals surface area contributed by atoms with E-state index in [-0.39, 0.29) is 16.9 Å². The number of rotatable bonds is 5. The van der Waals surface area contributed by atoms with Crippen LogP contribution in [0.2, 0.25) is 0 Å². The van der Waals surface area contributed by atoms with Crippen LogP contribution in [0.15, 0.2) is 36.4 Å². The molecule has 2 rings (SSSR count). The van der Waals surface area contributed by atoms with Gasteiger partial charge in [-0.2, -0.15) is 0 Å². The molecule has 0 fully saturated rings. The lowest BCUT2D eigenvalue weighted by Gasteiger charge is -2.10. The Labute approximate surface area is 129 Å². The number of carboxylic acid groups (broad SMARTS) is 1. The molecule has 9 heteroatoms. The van der Waals surface area contributed by atoms with Crippen molar-refractivity contribution >= 4 is 28.7 Å². The van der Waals surface area contributed by atoms with Crippen LogP contribution in [0.1, 0.15) is 15.9 Å². The van der Waals surface area contributed by atoms with Crippen LogP contribution >= 0.6 is 0 Å². The van der Waals surface area contributed by atoms with Crippen molar-refractivity contribution in [3.8, 4) is 0 Å². The highest BCUT2D eigenvalue weighted by atomic mass is 16.6. The second-order valence-electron chi connectivity index (χ2n) is 4.68. The van der Waals surface area contributed by atoms with E-state index in [1.165, 1.54) is 30.3 Å². The van der Waals surface area contributed by atoms with Gasteiger partial charge in [0.15, 0.2) is 0 Å². The van der Waals surface area contributed by atoms with E-state index in [1.54, 1.807) is 6.92 Å². The predicted octanol–water partition coefficient (Wildman–Crippen LogP) is 3.25. The quantitative estimate of drug-likeness (QED) is 0.638. The maximum absolute atomic E-state index is 11.1. The summed E-state index contributed by atoms with van der Waals surface area (Å²) in [6.07, 6.45) is 0. The molecular formula is C14H11N3O6. The standard InChI is InChI=1S/C14H11N3O6/c1-8-6-10(16(20)21)3-5-11(8)15-12-4-2-9(14(18)19)7-13(12)17(22)23/h2-7,15H,1H3,(H,18,19). The molecule has 2 N–H and O–H groups in total. The summed E-state index contributed by atoms with van der Waals surface area (Å²) in [5.74, 6) is -1.27. The highest BCUT2D eigenvalue weighted by Crippen LogP contribution is 2.31. The molecule has 0 unspecified atom stereocenters. The number of aryl methyl sites for hydroxylation is 1. The lowest BCUT2D eigenvalue weighted by molar-refractivity contribution is -0.384. The van der Waals surface area contributed by atoms with Crippen molar-refractivity contribution in [2.45, 2.75) is 6.92 Å². The number of nitro benzene ring substituents is 2. The maximum Gasteiger partial charge on any atom is 0.335 e. The van der Waals surface area contributed by atoms with Crippen molar-refractivity contribution in [3.05, 3.63) is 67.8 Å². The molecule has 0 bridgehead atoms. The molecule has 9 nitrogen and oxygen atoms in total. The van der Waals surface area contributed by atoms with E-state index < -0.39 is 21.5 Å². The van der Waals surface area contributed by atoms with Crippen molar-refractivity contribution in [3.63, 3.8) is 0 Å². The van der Waals surface area contributed by atoms with Crippen molar-refractivity contribution in [2.24, 2.45) is 0 Å². The largest absolute Gasteiger partial charge is 0.478 e. The summed E-state index contributed by atoms with van der Waals surface area (Å²) in [7, 11) is 0. The molecule has 0 aliphatic rings. The van der Waals surface area contributed by atoms with Gasteiger partial charge in [-0.15, -0.1) is 0 Å². The molecule has 2 aromatic rings. The average Bonchev–Trinajstić information content (AvgIpc) is 2.48. The summed E-state index contributed by atoms with van der Waals surface area (Å²) in [4.78, 5) is 31.5. The maximum atomic E-state index is 11.1. The molecule has 0 radical (unpaired) electrons. The molecule has 118 valence electrons. The molecular weight excluding hydrogens is 306 g/mol. The fourth-order valence-electron chi connectivity index (χ4n) is 1.97. The lowest BCUT2D eigenvalue weighted by atomic mass is 10.1. The summed E-state index contributed by atoms with van der Waals surface area (Å²) in [5.41, 5.74) is 0.364. The Bertz CT molecular complexity index is 818. The zero-order chi connectivity index (χ0) is 17.1. The van der Waals surface area contributed by atoms with Gasteiger partial charge >= 0.3 is 5.97 Å². The fourth-order valence-corrected chi connectivity index (χ4v) is 1.97. The third-order valence-corrected chi connectivity index (χ3v) is 3.13. The number of non-ortho nitro benzene ring substituents is 1. The summed E-state index contributed by atoms with van der Waals surface area (Å²) in [6.45, 7) is 1.62. The number of benzene rings is 2. The van der Waals surface area contributed by atoms with Gasteiger partial charge in [0.05, 0.1) is 15.4 Å². The first-order chi connectivity index (χ1) is 10.8. The third kappa shape index (κ3) is 3.40. The van der Waals surface area contributed by atoms with Gasteiger partial charge in [0.1, 0.15) is 5.69 Å². The number of nitro groups is 2. The highest BCUT2D eigenvalue weighted by molar-refractivity contribution is 5.90. The van der Waals surface area contributed by atoms with Crippen LogP contribution in [0.5, 0.6) is 0 Å². The number of carbonyl (C=O) groups is 1. The van der Waals surface area contributed by atoms with E-state index in [2.05, 4.69) is 5.32 Å². The van der Waals surface area contributed by atoms with E-state index in [0.717, 1.165) is 6.07 Å². The van der Waals surface area contributed by atoms with Crippen molar-refractivity contribution in [2.75, 3.05) is 5.32 Å². The summed E-state index contributed by atoms with van der Waals surface area (Å²) < 4.78 is 0. The molecule has 0 heterocycles. The normalized spacial score (nSPS) is 10.1. The molecule has 0 atom stereocenters. The van der Waals surface area contributed by atoms with Crippen LogP contribution in [0, 0.1) is 27.2 Å². The number of aromatic carboxylic acids is 1. The first kappa shape index (κ1) is 15.9. The van der Waals surface area contributed by atoms with Gasteiger partial charge in [0.2, 0.25) is 0 Å². The predicted molar refractivity (Wildman–Crippen MR) is 81.2 cm³/mol. The molecule has 0 amide bonds.